The van der Waals surface area contributed by atoms with E-state index in [-0.39, 0.29) is 18.3 Å². The number of aromatic hydroxyl groups is 1. The summed E-state index contributed by atoms with van der Waals surface area (Å²) in [5.41, 5.74) is 8.93. The number of anilines is 1. The summed E-state index contributed by atoms with van der Waals surface area (Å²) in [6.07, 6.45) is 2.53. The molecule has 0 bridgehead atoms. The Kier molecular flexibility index (Phi) is 5.92. The minimum Gasteiger partial charge on any atom is -0.507 e. The summed E-state index contributed by atoms with van der Waals surface area (Å²) in [7, 11) is 0. The molecule has 1 aliphatic carbocycles. The predicted molar refractivity (Wildman–Crippen MR) is 138 cm³/mol. The van der Waals surface area contributed by atoms with Crippen LogP contribution in [-0.2, 0) is 6.42 Å². The maximum atomic E-state index is 11.0. The lowest BCUT2D eigenvalue weighted by Crippen LogP contribution is -2.17. The number of nitrogens with one attached hydrogen (secondary N) is 1. The third kappa shape index (κ3) is 3.92. The number of halogens is 1. The zero-order valence-electron chi connectivity index (χ0n) is 18.3. The summed E-state index contributed by atoms with van der Waals surface area (Å²) in [5, 5.41) is 24.7. The van der Waals surface area contributed by atoms with Crippen molar-refractivity contribution in [2.75, 3.05) is 18.5 Å². The fourth-order valence-corrected chi connectivity index (χ4v) is 5.11. The Bertz CT molecular complexity index is 1300. The topological polar surface area (TPSA) is 65.4 Å². The van der Waals surface area contributed by atoms with Gasteiger partial charge in [-0.15, -0.1) is 0 Å². The van der Waals surface area contributed by atoms with Crippen molar-refractivity contribution in [3.05, 3.63) is 88.5 Å². The molecule has 0 aliphatic heterocycles. The average molecular weight is 501 g/mol. The summed E-state index contributed by atoms with van der Waals surface area (Å²) >= 11 is 3.50. The van der Waals surface area contributed by atoms with Crippen LogP contribution in [0.3, 0.4) is 0 Å². The van der Waals surface area contributed by atoms with Gasteiger partial charge in [0.05, 0.1) is 24.2 Å². The van der Waals surface area contributed by atoms with E-state index in [2.05, 4.69) is 57.4 Å². The molecule has 0 radical (unpaired) electrons. The van der Waals surface area contributed by atoms with Crippen LogP contribution in [0.5, 0.6) is 5.75 Å². The molecular formula is C28H25BrN2O2. The normalized spacial score (nSPS) is 14.5. The van der Waals surface area contributed by atoms with Gasteiger partial charge in [0.15, 0.2) is 0 Å². The first-order valence-corrected chi connectivity index (χ1v) is 11.9. The molecule has 1 heterocycles. The number of fused-ring (bicyclic) bond motifs is 3. The molecule has 4 aromatic rings. The molecule has 0 amide bonds. The number of hydrogen-bond acceptors (Lipinski definition) is 4. The number of pyridine rings is 1. The lowest BCUT2D eigenvalue weighted by Gasteiger charge is -2.31. The molecule has 0 fully saturated rings. The van der Waals surface area contributed by atoms with Gasteiger partial charge in [-0.05, 0) is 71.5 Å². The number of aliphatic hydroxyl groups is 1. The maximum Gasteiger partial charge on any atom is 0.123 e. The van der Waals surface area contributed by atoms with Gasteiger partial charge in [0, 0.05) is 28.1 Å². The van der Waals surface area contributed by atoms with Crippen LogP contribution in [0.2, 0.25) is 0 Å². The smallest absolute Gasteiger partial charge is 0.123 e. The van der Waals surface area contributed by atoms with Crippen molar-refractivity contribution in [2.45, 2.75) is 19.3 Å². The standard InChI is InChI=1S/C28H25BrN2O2/c1-2-30-20-10-12-25(31-15-20)22-4-3-5-23-24(22)14-18(16-32)27-21(11-13-26(33)28(23)27)17-6-8-19(29)9-7-17/h3-13,15,18,30,32-33H,2,14,16H2,1H3. The molecule has 0 saturated carbocycles. The summed E-state index contributed by atoms with van der Waals surface area (Å²) in [6.45, 7) is 2.90. The largest absolute Gasteiger partial charge is 0.507 e. The molecule has 5 rings (SSSR count). The van der Waals surface area contributed by atoms with E-state index >= 15 is 0 Å². The third-order valence-electron chi connectivity index (χ3n) is 6.32. The monoisotopic (exact) mass is 500 g/mol. The SMILES string of the molecule is CCNc1ccc(-c2cccc3c2CC(CO)c2c(-c4ccc(Br)cc4)ccc(O)c2-3)nc1. The highest BCUT2D eigenvalue weighted by atomic mass is 79.9. The molecule has 166 valence electrons. The van der Waals surface area contributed by atoms with E-state index in [1.54, 1.807) is 6.07 Å². The molecule has 1 atom stereocenters. The van der Waals surface area contributed by atoms with Gasteiger partial charge >= 0.3 is 0 Å². The number of nitrogens with zero attached hydrogens (tertiary/aromatic N) is 1. The molecule has 1 aliphatic rings. The number of phenolic OH excluding ortho intramolecular Hbond substituents is 1. The lowest BCUT2D eigenvalue weighted by atomic mass is 9.74. The van der Waals surface area contributed by atoms with Gasteiger partial charge < -0.3 is 15.5 Å². The Hall–Kier alpha value is -3.15. The molecular weight excluding hydrogens is 476 g/mol. The highest BCUT2D eigenvalue weighted by Crippen LogP contribution is 2.50. The Morgan fingerprint density at radius 3 is 2.45 bits per heavy atom. The number of aromatic nitrogens is 1. The first-order valence-electron chi connectivity index (χ1n) is 11.2. The molecule has 0 spiro atoms. The fourth-order valence-electron chi connectivity index (χ4n) is 4.84. The summed E-state index contributed by atoms with van der Waals surface area (Å²) < 4.78 is 1.01. The van der Waals surface area contributed by atoms with E-state index in [4.69, 9.17) is 0 Å². The van der Waals surface area contributed by atoms with Crippen LogP contribution in [0.25, 0.3) is 33.5 Å². The number of phenols is 1. The van der Waals surface area contributed by atoms with E-state index in [1.165, 1.54) is 0 Å². The van der Waals surface area contributed by atoms with Crippen molar-refractivity contribution in [2.24, 2.45) is 0 Å². The van der Waals surface area contributed by atoms with Gasteiger partial charge in [0.2, 0.25) is 0 Å². The molecule has 33 heavy (non-hydrogen) atoms. The highest BCUT2D eigenvalue weighted by molar-refractivity contribution is 9.10. The van der Waals surface area contributed by atoms with Crippen molar-refractivity contribution in [1.82, 2.24) is 4.98 Å². The fraction of sp³-hybridized carbons (Fsp3) is 0.179. The molecule has 4 nitrogen and oxygen atoms in total. The second-order valence-electron chi connectivity index (χ2n) is 8.31. The van der Waals surface area contributed by atoms with Gasteiger partial charge in [-0.25, -0.2) is 0 Å². The second kappa shape index (κ2) is 9.00. The Labute approximate surface area is 202 Å². The van der Waals surface area contributed by atoms with E-state index in [0.29, 0.717) is 6.42 Å². The number of rotatable bonds is 5. The van der Waals surface area contributed by atoms with Crippen molar-refractivity contribution < 1.29 is 10.2 Å². The van der Waals surface area contributed by atoms with Gasteiger partial charge in [0.1, 0.15) is 5.75 Å². The van der Waals surface area contributed by atoms with E-state index in [0.717, 1.165) is 61.3 Å². The van der Waals surface area contributed by atoms with Crippen molar-refractivity contribution >= 4 is 21.6 Å². The quantitative estimate of drug-likeness (QED) is 0.288. The molecule has 3 aromatic carbocycles. The van der Waals surface area contributed by atoms with Crippen molar-refractivity contribution in [3.63, 3.8) is 0 Å². The van der Waals surface area contributed by atoms with Crippen LogP contribution in [0.15, 0.2) is 77.4 Å². The Morgan fingerprint density at radius 1 is 0.970 bits per heavy atom. The highest BCUT2D eigenvalue weighted by Gasteiger charge is 2.31. The van der Waals surface area contributed by atoms with Crippen LogP contribution in [-0.4, -0.2) is 28.3 Å². The van der Waals surface area contributed by atoms with Gasteiger partial charge in [0.25, 0.3) is 0 Å². The first-order chi connectivity index (χ1) is 16.1. The van der Waals surface area contributed by atoms with Crippen LogP contribution < -0.4 is 5.32 Å². The Morgan fingerprint density at radius 2 is 1.76 bits per heavy atom. The Balaban J connectivity index is 1.70. The first kappa shape index (κ1) is 21.7. The molecule has 3 N–H and O–H groups in total. The summed E-state index contributed by atoms with van der Waals surface area (Å²) in [6, 6.07) is 22.1. The van der Waals surface area contributed by atoms with Gasteiger partial charge in [-0.1, -0.05) is 52.3 Å². The van der Waals surface area contributed by atoms with Crippen LogP contribution in [0, 0.1) is 0 Å². The minimum absolute atomic E-state index is 0.000538. The van der Waals surface area contributed by atoms with Gasteiger partial charge in [-0.2, -0.15) is 0 Å². The number of benzene rings is 3. The van der Waals surface area contributed by atoms with E-state index < -0.39 is 0 Å². The molecule has 0 saturated heterocycles. The zero-order valence-corrected chi connectivity index (χ0v) is 19.9. The van der Waals surface area contributed by atoms with Crippen LogP contribution in [0.1, 0.15) is 24.0 Å². The number of hydrogen-bond donors (Lipinski definition) is 3. The zero-order chi connectivity index (χ0) is 22.9. The minimum atomic E-state index is -0.125. The average Bonchev–Trinajstić information content (AvgIpc) is 2.84. The van der Waals surface area contributed by atoms with Crippen molar-refractivity contribution in [3.8, 4) is 39.3 Å². The summed E-state index contributed by atoms with van der Waals surface area (Å²) in [5.74, 6) is 0.110. The van der Waals surface area contributed by atoms with Gasteiger partial charge in [-0.3, -0.25) is 4.98 Å². The molecule has 5 heteroatoms. The predicted octanol–water partition coefficient (Wildman–Crippen LogP) is 6.61. The molecule has 1 aromatic heterocycles. The van der Waals surface area contributed by atoms with E-state index in [9.17, 15) is 10.2 Å². The third-order valence-corrected chi connectivity index (χ3v) is 6.85. The van der Waals surface area contributed by atoms with Crippen LogP contribution in [0.4, 0.5) is 5.69 Å². The van der Waals surface area contributed by atoms with Crippen molar-refractivity contribution in [1.29, 1.82) is 0 Å². The van der Waals surface area contributed by atoms with Crippen LogP contribution >= 0.6 is 15.9 Å². The lowest BCUT2D eigenvalue weighted by molar-refractivity contribution is 0.264. The molecule has 1 unspecified atom stereocenters. The number of aliphatic hydroxyl groups excluding tert-OH is 1. The second-order valence-corrected chi connectivity index (χ2v) is 9.22. The maximum absolute atomic E-state index is 11.0. The van der Waals surface area contributed by atoms with E-state index in [1.807, 2.05) is 42.6 Å². The summed E-state index contributed by atoms with van der Waals surface area (Å²) in [4.78, 5) is 4.69.